The first-order valence-electron chi connectivity index (χ1n) is 7.85. The third kappa shape index (κ3) is 3.50. The van der Waals surface area contributed by atoms with Crippen molar-refractivity contribution in [3.05, 3.63) is 17.5 Å². The summed E-state index contributed by atoms with van der Waals surface area (Å²) >= 11 is 0. The zero-order valence-electron chi connectivity index (χ0n) is 14.0. The minimum atomic E-state index is -0.339. The summed E-state index contributed by atoms with van der Waals surface area (Å²) in [6.45, 7) is 7.68. The molecule has 0 aromatic carbocycles. The van der Waals surface area contributed by atoms with Gasteiger partial charge in [-0.05, 0) is 39.7 Å². The monoisotopic (exact) mass is 309 g/mol. The van der Waals surface area contributed by atoms with Crippen molar-refractivity contribution in [2.75, 3.05) is 33.4 Å². The normalized spacial score (nSPS) is 19.0. The fourth-order valence-corrected chi connectivity index (χ4v) is 3.21. The van der Waals surface area contributed by atoms with Crippen LogP contribution in [0.2, 0.25) is 0 Å². The maximum absolute atomic E-state index is 12.7. The van der Waals surface area contributed by atoms with Gasteiger partial charge in [0.15, 0.2) is 0 Å². The molecule has 1 fully saturated rings. The molecule has 1 N–H and O–H groups in total. The third-order valence-corrected chi connectivity index (χ3v) is 4.61. The molecule has 22 heavy (non-hydrogen) atoms. The van der Waals surface area contributed by atoms with Gasteiger partial charge >= 0.3 is 0 Å². The van der Waals surface area contributed by atoms with E-state index in [0.717, 1.165) is 24.2 Å². The molecule has 1 aliphatic heterocycles. The molecule has 1 aromatic rings. The van der Waals surface area contributed by atoms with Gasteiger partial charge in [-0.1, -0.05) is 0 Å². The predicted molar refractivity (Wildman–Crippen MR) is 83.6 cm³/mol. The van der Waals surface area contributed by atoms with Crippen molar-refractivity contribution in [2.24, 2.45) is 5.41 Å². The standard InChI is InChI=1S/C16H27N3O3/c1-12-9-13(2)19(17-12)14(3)15(21)18(4)10-16(11-20)5-7-22-8-6-16/h9,14,20H,5-8,10-11H2,1-4H3. The molecule has 1 amide bonds. The molecular formula is C16H27N3O3. The number of aliphatic hydroxyl groups is 1. The Kier molecular flexibility index (Phi) is 5.24. The second-order valence-corrected chi connectivity index (χ2v) is 6.51. The Morgan fingerprint density at radius 1 is 1.50 bits per heavy atom. The lowest BCUT2D eigenvalue weighted by Gasteiger charge is -2.39. The highest BCUT2D eigenvalue weighted by Gasteiger charge is 2.35. The van der Waals surface area contributed by atoms with Crippen molar-refractivity contribution in [1.82, 2.24) is 14.7 Å². The second kappa shape index (κ2) is 6.79. The van der Waals surface area contributed by atoms with Gasteiger partial charge < -0.3 is 14.7 Å². The summed E-state index contributed by atoms with van der Waals surface area (Å²) in [7, 11) is 1.80. The number of hydrogen-bond acceptors (Lipinski definition) is 4. The average Bonchev–Trinajstić information content (AvgIpc) is 2.85. The van der Waals surface area contributed by atoms with Crippen LogP contribution in [0.15, 0.2) is 6.07 Å². The maximum Gasteiger partial charge on any atom is 0.246 e. The molecule has 0 aliphatic carbocycles. The minimum Gasteiger partial charge on any atom is -0.396 e. The quantitative estimate of drug-likeness (QED) is 0.890. The summed E-state index contributed by atoms with van der Waals surface area (Å²) in [5.41, 5.74) is 1.66. The Labute approximate surface area is 132 Å². The van der Waals surface area contributed by atoms with Crippen molar-refractivity contribution in [2.45, 2.75) is 39.7 Å². The highest BCUT2D eigenvalue weighted by Crippen LogP contribution is 2.31. The van der Waals surface area contributed by atoms with Gasteiger partial charge in [-0.3, -0.25) is 9.48 Å². The fraction of sp³-hybridized carbons (Fsp3) is 0.750. The Morgan fingerprint density at radius 3 is 2.64 bits per heavy atom. The van der Waals surface area contributed by atoms with E-state index < -0.39 is 0 Å². The first-order chi connectivity index (χ1) is 10.4. The molecule has 0 bridgehead atoms. The SMILES string of the molecule is Cc1cc(C)n(C(C)C(=O)N(C)CC2(CO)CCOCC2)n1. The van der Waals surface area contributed by atoms with E-state index in [1.165, 1.54) is 0 Å². The molecule has 1 atom stereocenters. The van der Waals surface area contributed by atoms with Crippen LogP contribution in [0, 0.1) is 19.3 Å². The van der Waals surface area contributed by atoms with Gasteiger partial charge in [0.1, 0.15) is 6.04 Å². The molecule has 1 unspecified atom stereocenters. The first kappa shape index (κ1) is 17.0. The van der Waals surface area contributed by atoms with Gasteiger partial charge in [0, 0.05) is 37.9 Å². The highest BCUT2D eigenvalue weighted by atomic mass is 16.5. The Bertz CT molecular complexity index is 521. The smallest absolute Gasteiger partial charge is 0.246 e. The summed E-state index contributed by atoms with van der Waals surface area (Å²) in [5.74, 6) is 0.0190. The van der Waals surface area contributed by atoms with Crippen LogP contribution in [0.1, 0.15) is 37.2 Å². The average molecular weight is 309 g/mol. The largest absolute Gasteiger partial charge is 0.396 e. The molecule has 0 radical (unpaired) electrons. The molecule has 1 aliphatic rings. The highest BCUT2D eigenvalue weighted by molar-refractivity contribution is 5.79. The number of amides is 1. The molecule has 1 saturated heterocycles. The molecule has 6 nitrogen and oxygen atoms in total. The maximum atomic E-state index is 12.7. The number of aliphatic hydroxyl groups excluding tert-OH is 1. The van der Waals surface area contributed by atoms with Crippen LogP contribution in [0.25, 0.3) is 0 Å². The van der Waals surface area contributed by atoms with E-state index in [1.54, 1.807) is 16.6 Å². The summed E-state index contributed by atoms with van der Waals surface area (Å²) in [6, 6.07) is 1.63. The number of likely N-dealkylation sites (N-methyl/N-ethyl adjacent to an activating group) is 1. The van der Waals surface area contributed by atoms with E-state index in [4.69, 9.17) is 4.74 Å². The number of aromatic nitrogens is 2. The first-order valence-corrected chi connectivity index (χ1v) is 7.85. The molecule has 0 spiro atoms. The molecule has 2 rings (SSSR count). The number of aryl methyl sites for hydroxylation is 2. The Balaban J connectivity index is 2.06. The van der Waals surface area contributed by atoms with Gasteiger partial charge in [-0.25, -0.2) is 0 Å². The fourth-order valence-electron chi connectivity index (χ4n) is 3.21. The van der Waals surface area contributed by atoms with Crippen LogP contribution in [0.4, 0.5) is 0 Å². The zero-order chi connectivity index (χ0) is 16.3. The Morgan fingerprint density at radius 2 is 2.14 bits per heavy atom. The van der Waals surface area contributed by atoms with Crippen LogP contribution in [-0.4, -0.2) is 59.1 Å². The van der Waals surface area contributed by atoms with Crippen LogP contribution in [0.3, 0.4) is 0 Å². The van der Waals surface area contributed by atoms with Gasteiger partial charge in [0.2, 0.25) is 5.91 Å². The molecule has 6 heteroatoms. The van der Waals surface area contributed by atoms with Crippen LogP contribution in [0.5, 0.6) is 0 Å². The zero-order valence-corrected chi connectivity index (χ0v) is 14.0. The summed E-state index contributed by atoms with van der Waals surface area (Å²) in [5, 5.41) is 14.2. The van der Waals surface area contributed by atoms with Crippen molar-refractivity contribution < 1.29 is 14.6 Å². The van der Waals surface area contributed by atoms with E-state index in [1.807, 2.05) is 26.8 Å². The lowest BCUT2D eigenvalue weighted by Crippen LogP contribution is -2.46. The molecule has 1 aromatic heterocycles. The lowest BCUT2D eigenvalue weighted by molar-refractivity contribution is -0.136. The van der Waals surface area contributed by atoms with E-state index in [-0.39, 0.29) is 24.0 Å². The van der Waals surface area contributed by atoms with Crippen LogP contribution < -0.4 is 0 Å². The summed E-state index contributed by atoms with van der Waals surface area (Å²) in [4.78, 5) is 14.4. The molecular weight excluding hydrogens is 282 g/mol. The third-order valence-electron chi connectivity index (χ3n) is 4.61. The number of nitrogens with zero attached hydrogens (tertiary/aromatic N) is 3. The van der Waals surface area contributed by atoms with Crippen molar-refractivity contribution in [1.29, 1.82) is 0 Å². The van der Waals surface area contributed by atoms with E-state index in [0.29, 0.717) is 19.8 Å². The molecule has 2 heterocycles. The lowest BCUT2D eigenvalue weighted by atomic mass is 9.80. The summed E-state index contributed by atoms with van der Waals surface area (Å²) in [6.07, 6.45) is 1.57. The van der Waals surface area contributed by atoms with E-state index in [2.05, 4.69) is 5.10 Å². The number of carbonyl (C=O) groups is 1. The van der Waals surface area contributed by atoms with Crippen molar-refractivity contribution in [3.8, 4) is 0 Å². The van der Waals surface area contributed by atoms with Gasteiger partial charge in [0.25, 0.3) is 0 Å². The Hall–Kier alpha value is -1.40. The summed E-state index contributed by atoms with van der Waals surface area (Å²) < 4.78 is 7.14. The number of hydrogen-bond donors (Lipinski definition) is 1. The topological polar surface area (TPSA) is 67.6 Å². The van der Waals surface area contributed by atoms with E-state index >= 15 is 0 Å². The predicted octanol–water partition coefficient (Wildman–Crippen LogP) is 1.31. The number of rotatable bonds is 5. The van der Waals surface area contributed by atoms with Gasteiger partial charge in [-0.15, -0.1) is 0 Å². The second-order valence-electron chi connectivity index (χ2n) is 6.51. The molecule has 124 valence electrons. The van der Waals surface area contributed by atoms with Crippen LogP contribution >= 0.6 is 0 Å². The van der Waals surface area contributed by atoms with Gasteiger partial charge in [0.05, 0.1) is 12.3 Å². The number of ether oxygens (including phenoxy) is 1. The number of carbonyl (C=O) groups excluding carboxylic acids is 1. The minimum absolute atomic E-state index is 0.0190. The van der Waals surface area contributed by atoms with Gasteiger partial charge in [-0.2, -0.15) is 5.10 Å². The van der Waals surface area contributed by atoms with E-state index in [9.17, 15) is 9.90 Å². The van der Waals surface area contributed by atoms with Crippen molar-refractivity contribution in [3.63, 3.8) is 0 Å². The van der Waals surface area contributed by atoms with Crippen LogP contribution in [-0.2, 0) is 9.53 Å². The molecule has 0 saturated carbocycles. The van der Waals surface area contributed by atoms with Crippen molar-refractivity contribution >= 4 is 5.91 Å².